The van der Waals surface area contributed by atoms with E-state index in [4.69, 9.17) is 5.73 Å². The molecule has 3 rings (SSSR count). The topological polar surface area (TPSA) is 88.3 Å². The average molecular weight is 302 g/mol. The van der Waals surface area contributed by atoms with Crippen molar-refractivity contribution >= 4 is 17.6 Å². The van der Waals surface area contributed by atoms with Gasteiger partial charge in [-0.15, -0.1) is 0 Å². The molecule has 2 heterocycles. The number of nitrogen functional groups attached to an aromatic ring is 1. The third kappa shape index (κ3) is 3.21. The zero-order valence-corrected chi connectivity index (χ0v) is 12.6. The summed E-state index contributed by atoms with van der Waals surface area (Å²) >= 11 is 0. The van der Waals surface area contributed by atoms with Crippen LogP contribution in [0, 0.1) is 5.92 Å². The summed E-state index contributed by atoms with van der Waals surface area (Å²) in [6.45, 7) is 1.29. The Bertz CT molecular complexity index is 552. The standard InChI is InChI=1S/C16H22N4O2/c17-14-6-5-12(9-18-14)16(22)19-8-11-7-15(21)20(10-11)13-3-1-2-4-13/h5-6,9,11,13H,1-4,7-8,10H2,(H2,17,18)(H,19,22)/t11-/m1/s1. The van der Waals surface area contributed by atoms with E-state index in [9.17, 15) is 9.59 Å². The van der Waals surface area contributed by atoms with Crippen LogP contribution in [0.15, 0.2) is 18.3 Å². The van der Waals surface area contributed by atoms with Crippen molar-refractivity contribution in [1.29, 1.82) is 0 Å². The van der Waals surface area contributed by atoms with Crippen molar-refractivity contribution in [3.8, 4) is 0 Å². The Labute approximate surface area is 130 Å². The number of hydrogen-bond donors (Lipinski definition) is 2. The Morgan fingerprint density at radius 2 is 2.14 bits per heavy atom. The number of nitrogens with one attached hydrogen (secondary N) is 1. The molecule has 22 heavy (non-hydrogen) atoms. The first-order chi connectivity index (χ1) is 10.6. The highest BCUT2D eigenvalue weighted by Crippen LogP contribution is 2.29. The number of rotatable bonds is 4. The first kappa shape index (κ1) is 14.8. The van der Waals surface area contributed by atoms with Crippen molar-refractivity contribution < 1.29 is 9.59 Å². The molecule has 2 fully saturated rings. The third-order valence-corrected chi connectivity index (χ3v) is 4.60. The number of likely N-dealkylation sites (tertiary alicyclic amines) is 1. The molecule has 0 unspecified atom stereocenters. The Balaban J connectivity index is 1.50. The minimum atomic E-state index is -0.167. The second kappa shape index (κ2) is 6.34. The van der Waals surface area contributed by atoms with Gasteiger partial charge < -0.3 is 16.0 Å². The van der Waals surface area contributed by atoms with Gasteiger partial charge in [-0.1, -0.05) is 12.8 Å². The van der Waals surface area contributed by atoms with E-state index in [1.54, 1.807) is 12.1 Å². The van der Waals surface area contributed by atoms with Gasteiger partial charge in [0.25, 0.3) is 5.91 Å². The van der Waals surface area contributed by atoms with Crippen molar-refractivity contribution in [1.82, 2.24) is 15.2 Å². The van der Waals surface area contributed by atoms with E-state index in [1.165, 1.54) is 19.0 Å². The fourth-order valence-electron chi connectivity index (χ4n) is 3.39. The van der Waals surface area contributed by atoms with Crippen LogP contribution in [-0.4, -0.2) is 40.8 Å². The molecule has 1 aromatic heterocycles. The predicted molar refractivity (Wildman–Crippen MR) is 83.1 cm³/mol. The molecule has 1 saturated heterocycles. The van der Waals surface area contributed by atoms with E-state index in [-0.39, 0.29) is 17.7 Å². The Morgan fingerprint density at radius 1 is 1.36 bits per heavy atom. The van der Waals surface area contributed by atoms with E-state index in [0.29, 0.717) is 30.4 Å². The van der Waals surface area contributed by atoms with Crippen molar-refractivity contribution in [2.45, 2.75) is 38.1 Å². The lowest BCUT2D eigenvalue weighted by atomic mass is 10.1. The van der Waals surface area contributed by atoms with Crippen LogP contribution >= 0.6 is 0 Å². The number of amides is 2. The number of nitrogens with two attached hydrogens (primary N) is 1. The van der Waals surface area contributed by atoms with E-state index in [2.05, 4.69) is 10.3 Å². The lowest BCUT2D eigenvalue weighted by Gasteiger charge is -2.24. The van der Waals surface area contributed by atoms with Gasteiger partial charge in [-0.25, -0.2) is 4.98 Å². The lowest BCUT2D eigenvalue weighted by molar-refractivity contribution is -0.129. The summed E-state index contributed by atoms with van der Waals surface area (Å²) in [6.07, 6.45) is 6.70. The second-order valence-electron chi connectivity index (χ2n) is 6.24. The largest absolute Gasteiger partial charge is 0.384 e. The Kier molecular flexibility index (Phi) is 4.27. The minimum Gasteiger partial charge on any atom is -0.384 e. The Hall–Kier alpha value is -2.11. The van der Waals surface area contributed by atoms with E-state index >= 15 is 0 Å². The number of hydrogen-bond acceptors (Lipinski definition) is 4. The first-order valence-corrected chi connectivity index (χ1v) is 7.92. The molecule has 0 radical (unpaired) electrons. The zero-order chi connectivity index (χ0) is 15.5. The molecule has 1 aliphatic carbocycles. The first-order valence-electron chi connectivity index (χ1n) is 7.92. The number of carbonyl (C=O) groups is 2. The molecule has 1 saturated carbocycles. The highest BCUT2D eigenvalue weighted by molar-refractivity contribution is 5.94. The fraction of sp³-hybridized carbons (Fsp3) is 0.562. The summed E-state index contributed by atoms with van der Waals surface area (Å²) in [6, 6.07) is 3.69. The van der Waals surface area contributed by atoms with Crippen LogP contribution < -0.4 is 11.1 Å². The number of carbonyl (C=O) groups excluding carboxylic acids is 2. The molecule has 0 spiro atoms. The van der Waals surface area contributed by atoms with Crippen molar-refractivity contribution in [3.63, 3.8) is 0 Å². The third-order valence-electron chi connectivity index (χ3n) is 4.60. The zero-order valence-electron chi connectivity index (χ0n) is 12.6. The molecule has 0 aromatic carbocycles. The van der Waals surface area contributed by atoms with Crippen LogP contribution in [0.1, 0.15) is 42.5 Å². The van der Waals surface area contributed by atoms with Crippen molar-refractivity contribution in [2.75, 3.05) is 18.8 Å². The highest BCUT2D eigenvalue weighted by Gasteiger charge is 2.35. The smallest absolute Gasteiger partial charge is 0.252 e. The minimum absolute atomic E-state index is 0.167. The maximum Gasteiger partial charge on any atom is 0.252 e. The summed E-state index contributed by atoms with van der Waals surface area (Å²) in [7, 11) is 0. The van der Waals surface area contributed by atoms with Gasteiger partial charge in [-0.3, -0.25) is 9.59 Å². The van der Waals surface area contributed by atoms with Crippen LogP contribution in [0.2, 0.25) is 0 Å². The number of nitrogens with zero attached hydrogens (tertiary/aromatic N) is 2. The quantitative estimate of drug-likeness (QED) is 0.874. The monoisotopic (exact) mass is 302 g/mol. The number of pyridine rings is 1. The van der Waals surface area contributed by atoms with Gasteiger partial charge >= 0.3 is 0 Å². The van der Waals surface area contributed by atoms with E-state index in [1.807, 2.05) is 4.90 Å². The van der Waals surface area contributed by atoms with Crippen LogP contribution in [0.4, 0.5) is 5.82 Å². The summed E-state index contributed by atoms with van der Waals surface area (Å²) in [5.41, 5.74) is 6.00. The summed E-state index contributed by atoms with van der Waals surface area (Å²) < 4.78 is 0. The van der Waals surface area contributed by atoms with Gasteiger partial charge in [-0.2, -0.15) is 0 Å². The van der Waals surface area contributed by atoms with Gasteiger partial charge in [-0.05, 0) is 25.0 Å². The maximum absolute atomic E-state index is 12.1. The van der Waals surface area contributed by atoms with Crippen LogP contribution in [0.5, 0.6) is 0 Å². The molecular weight excluding hydrogens is 280 g/mol. The predicted octanol–water partition coefficient (Wildman–Crippen LogP) is 1.18. The van der Waals surface area contributed by atoms with Crippen molar-refractivity contribution in [2.24, 2.45) is 5.92 Å². The molecule has 0 bridgehead atoms. The molecule has 2 aliphatic rings. The fourth-order valence-corrected chi connectivity index (χ4v) is 3.39. The number of aromatic nitrogens is 1. The summed E-state index contributed by atoms with van der Waals surface area (Å²) in [5, 5.41) is 2.89. The van der Waals surface area contributed by atoms with Gasteiger partial charge in [0.2, 0.25) is 5.91 Å². The van der Waals surface area contributed by atoms with Crippen LogP contribution in [0.25, 0.3) is 0 Å². The normalized spacial score (nSPS) is 22.3. The summed E-state index contributed by atoms with van der Waals surface area (Å²) in [5.74, 6) is 0.670. The van der Waals surface area contributed by atoms with E-state index in [0.717, 1.165) is 19.4 Å². The van der Waals surface area contributed by atoms with Crippen LogP contribution in [-0.2, 0) is 4.79 Å². The van der Waals surface area contributed by atoms with Crippen LogP contribution in [0.3, 0.4) is 0 Å². The Morgan fingerprint density at radius 3 is 2.82 bits per heavy atom. The lowest BCUT2D eigenvalue weighted by Crippen LogP contribution is -2.36. The van der Waals surface area contributed by atoms with Gasteiger partial charge in [0, 0.05) is 37.7 Å². The van der Waals surface area contributed by atoms with Crippen molar-refractivity contribution in [3.05, 3.63) is 23.9 Å². The molecular formula is C16H22N4O2. The van der Waals surface area contributed by atoms with Gasteiger partial charge in [0.15, 0.2) is 0 Å². The highest BCUT2D eigenvalue weighted by atomic mass is 16.2. The van der Waals surface area contributed by atoms with Gasteiger partial charge in [0.1, 0.15) is 5.82 Å². The molecule has 6 nitrogen and oxygen atoms in total. The molecule has 1 aromatic rings. The average Bonchev–Trinajstić information content (AvgIpc) is 3.14. The second-order valence-corrected chi connectivity index (χ2v) is 6.24. The molecule has 6 heteroatoms. The maximum atomic E-state index is 12.1. The molecule has 2 amide bonds. The van der Waals surface area contributed by atoms with Gasteiger partial charge in [0.05, 0.1) is 5.56 Å². The molecule has 1 aliphatic heterocycles. The SMILES string of the molecule is Nc1ccc(C(=O)NC[C@H]2CC(=O)N(C3CCCC3)C2)cn1. The molecule has 1 atom stereocenters. The summed E-state index contributed by atoms with van der Waals surface area (Å²) in [4.78, 5) is 30.1. The number of anilines is 1. The molecule has 118 valence electrons. The van der Waals surface area contributed by atoms with E-state index < -0.39 is 0 Å². The molecule has 3 N–H and O–H groups in total.